The van der Waals surface area contributed by atoms with Crippen LogP contribution in [-0.4, -0.2) is 24.6 Å². The number of halogens is 1. The Hall–Kier alpha value is -1.44. The molecule has 1 heterocycles. The van der Waals surface area contributed by atoms with E-state index in [2.05, 4.69) is 20.2 Å². The Labute approximate surface area is 105 Å². The highest BCUT2D eigenvalue weighted by molar-refractivity contribution is 7.88. The SMILES string of the molecule is CS(=O)(=O)NNc1ncnc2ccccc12.Cl. The molecule has 2 aromatic rings. The Bertz CT molecular complexity index is 612. The third-order valence-corrected chi connectivity index (χ3v) is 2.37. The van der Waals surface area contributed by atoms with Crippen molar-refractivity contribution in [3.63, 3.8) is 0 Å². The van der Waals surface area contributed by atoms with Crippen molar-refractivity contribution in [3.8, 4) is 0 Å². The second-order valence-electron chi connectivity index (χ2n) is 3.24. The van der Waals surface area contributed by atoms with E-state index in [1.807, 2.05) is 24.3 Å². The third-order valence-electron chi connectivity index (χ3n) is 1.90. The van der Waals surface area contributed by atoms with Crippen LogP contribution in [0.3, 0.4) is 0 Å². The van der Waals surface area contributed by atoms with E-state index in [1.165, 1.54) is 6.33 Å². The van der Waals surface area contributed by atoms with E-state index >= 15 is 0 Å². The number of nitrogens with one attached hydrogen (secondary N) is 2. The number of benzene rings is 1. The van der Waals surface area contributed by atoms with Gasteiger partial charge in [-0.05, 0) is 12.1 Å². The molecule has 2 N–H and O–H groups in total. The summed E-state index contributed by atoms with van der Waals surface area (Å²) < 4.78 is 21.8. The van der Waals surface area contributed by atoms with E-state index in [9.17, 15) is 8.42 Å². The summed E-state index contributed by atoms with van der Waals surface area (Å²) in [4.78, 5) is 10.2. The van der Waals surface area contributed by atoms with Crippen LogP contribution in [0.4, 0.5) is 5.82 Å². The molecule has 0 amide bonds. The molecule has 92 valence electrons. The fourth-order valence-electron chi connectivity index (χ4n) is 1.25. The highest BCUT2D eigenvalue weighted by Gasteiger charge is 2.04. The molecule has 0 aliphatic carbocycles. The number of aromatic nitrogens is 2. The lowest BCUT2D eigenvalue weighted by atomic mass is 10.2. The van der Waals surface area contributed by atoms with Crippen LogP contribution < -0.4 is 10.3 Å². The number of anilines is 1. The first-order valence-electron chi connectivity index (χ1n) is 4.49. The Kier molecular flexibility index (Phi) is 4.22. The quantitative estimate of drug-likeness (QED) is 0.814. The molecule has 0 atom stereocenters. The van der Waals surface area contributed by atoms with Crippen LogP contribution in [0, 0.1) is 0 Å². The van der Waals surface area contributed by atoms with Crippen molar-refractivity contribution in [2.75, 3.05) is 11.7 Å². The van der Waals surface area contributed by atoms with Gasteiger partial charge in [0, 0.05) is 5.39 Å². The zero-order valence-corrected chi connectivity index (χ0v) is 10.5. The minimum atomic E-state index is -3.31. The Morgan fingerprint density at radius 3 is 2.59 bits per heavy atom. The van der Waals surface area contributed by atoms with Gasteiger partial charge in [0.15, 0.2) is 5.82 Å². The highest BCUT2D eigenvalue weighted by Crippen LogP contribution is 2.17. The molecule has 0 unspecified atom stereocenters. The van der Waals surface area contributed by atoms with Crippen molar-refractivity contribution in [1.29, 1.82) is 0 Å². The molecule has 0 radical (unpaired) electrons. The van der Waals surface area contributed by atoms with Crippen molar-refractivity contribution >= 4 is 39.2 Å². The number of nitrogens with zero attached hydrogens (tertiary/aromatic N) is 2. The van der Waals surface area contributed by atoms with Gasteiger partial charge in [-0.3, -0.25) is 5.43 Å². The first-order valence-corrected chi connectivity index (χ1v) is 6.38. The molecule has 6 nitrogen and oxygen atoms in total. The van der Waals surface area contributed by atoms with Crippen molar-refractivity contribution in [2.24, 2.45) is 0 Å². The molecule has 2 rings (SSSR count). The van der Waals surface area contributed by atoms with Crippen molar-refractivity contribution in [3.05, 3.63) is 30.6 Å². The first kappa shape index (κ1) is 13.6. The van der Waals surface area contributed by atoms with E-state index in [4.69, 9.17) is 0 Å². The number of sulfonamides is 1. The van der Waals surface area contributed by atoms with Gasteiger partial charge in [0.2, 0.25) is 10.0 Å². The summed E-state index contributed by atoms with van der Waals surface area (Å²) in [6.07, 6.45) is 2.43. The Morgan fingerprint density at radius 2 is 1.88 bits per heavy atom. The molecular weight excluding hydrogens is 264 g/mol. The molecule has 0 spiro atoms. The van der Waals surface area contributed by atoms with Crippen LogP contribution in [0.2, 0.25) is 0 Å². The van der Waals surface area contributed by atoms with Crippen LogP contribution in [-0.2, 0) is 10.0 Å². The average Bonchev–Trinajstić information content (AvgIpc) is 2.25. The van der Waals surface area contributed by atoms with Crippen LogP contribution in [0.1, 0.15) is 0 Å². The van der Waals surface area contributed by atoms with Crippen LogP contribution >= 0.6 is 12.4 Å². The molecule has 8 heteroatoms. The maximum Gasteiger partial charge on any atom is 0.225 e. The van der Waals surface area contributed by atoms with Gasteiger partial charge in [-0.1, -0.05) is 12.1 Å². The van der Waals surface area contributed by atoms with E-state index in [1.54, 1.807) is 0 Å². The van der Waals surface area contributed by atoms with Gasteiger partial charge in [-0.25, -0.2) is 18.4 Å². The largest absolute Gasteiger partial charge is 0.292 e. The summed E-state index contributed by atoms with van der Waals surface area (Å²) >= 11 is 0. The zero-order chi connectivity index (χ0) is 11.6. The number of fused-ring (bicyclic) bond motifs is 1. The number of hydrazine groups is 1. The lowest BCUT2D eigenvalue weighted by Gasteiger charge is -2.07. The fraction of sp³-hybridized carbons (Fsp3) is 0.111. The summed E-state index contributed by atoms with van der Waals surface area (Å²) in [6, 6.07) is 7.31. The summed E-state index contributed by atoms with van der Waals surface area (Å²) in [5.41, 5.74) is 3.28. The molecule has 0 aliphatic heterocycles. The van der Waals surface area contributed by atoms with Gasteiger partial charge in [0.05, 0.1) is 11.8 Å². The van der Waals surface area contributed by atoms with E-state index in [0.717, 1.165) is 17.2 Å². The van der Waals surface area contributed by atoms with E-state index in [-0.39, 0.29) is 12.4 Å². The molecular formula is C9H11ClN4O2S. The number of hydrogen-bond acceptors (Lipinski definition) is 5. The summed E-state index contributed by atoms with van der Waals surface area (Å²) in [5, 5.41) is 0.751. The minimum absolute atomic E-state index is 0. The van der Waals surface area contributed by atoms with Gasteiger partial charge in [-0.15, -0.1) is 17.2 Å². The summed E-state index contributed by atoms with van der Waals surface area (Å²) in [5.74, 6) is 0.427. The Morgan fingerprint density at radius 1 is 1.18 bits per heavy atom. The molecule has 0 bridgehead atoms. The molecule has 0 saturated heterocycles. The zero-order valence-electron chi connectivity index (χ0n) is 8.91. The topological polar surface area (TPSA) is 84.0 Å². The van der Waals surface area contributed by atoms with E-state index < -0.39 is 10.0 Å². The maximum absolute atomic E-state index is 10.9. The fourth-order valence-corrected chi connectivity index (χ4v) is 1.53. The van der Waals surface area contributed by atoms with Crippen LogP contribution in [0.15, 0.2) is 30.6 Å². The monoisotopic (exact) mass is 274 g/mol. The number of rotatable bonds is 3. The first-order chi connectivity index (χ1) is 7.56. The summed E-state index contributed by atoms with van der Waals surface area (Å²) in [7, 11) is -3.31. The standard InChI is InChI=1S/C9H10N4O2S.ClH/c1-16(14,15)13-12-9-7-4-2-3-5-8(7)10-6-11-9;/h2-6,13H,1H3,(H,10,11,12);1H. The lowest BCUT2D eigenvalue weighted by molar-refractivity contribution is 0.593. The second-order valence-corrected chi connectivity index (χ2v) is 4.99. The molecule has 1 aromatic carbocycles. The Balaban J connectivity index is 0.00000144. The lowest BCUT2D eigenvalue weighted by Crippen LogP contribution is -2.28. The van der Waals surface area contributed by atoms with Crippen LogP contribution in [0.25, 0.3) is 10.9 Å². The molecule has 17 heavy (non-hydrogen) atoms. The van der Waals surface area contributed by atoms with Crippen molar-refractivity contribution in [2.45, 2.75) is 0 Å². The smallest absolute Gasteiger partial charge is 0.225 e. The molecule has 1 aromatic heterocycles. The predicted molar refractivity (Wildman–Crippen MR) is 68.4 cm³/mol. The summed E-state index contributed by atoms with van der Waals surface area (Å²) in [6.45, 7) is 0. The van der Waals surface area contributed by atoms with Crippen molar-refractivity contribution < 1.29 is 8.42 Å². The number of hydrogen-bond donors (Lipinski definition) is 2. The maximum atomic E-state index is 10.9. The van der Waals surface area contributed by atoms with Gasteiger partial charge in [-0.2, -0.15) is 0 Å². The van der Waals surface area contributed by atoms with Crippen LogP contribution in [0.5, 0.6) is 0 Å². The minimum Gasteiger partial charge on any atom is -0.292 e. The second kappa shape index (κ2) is 5.26. The van der Waals surface area contributed by atoms with Gasteiger partial charge < -0.3 is 0 Å². The van der Waals surface area contributed by atoms with Gasteiger partial charge in [0.1, 0.15) is 6.33 Å². The molecule has 0 fully saturated rings. The highest BCUT2D eigenvalue weighted by atomic mass is 35.5. The normalized spacial score (nSPS) is 10.9. The average molecular weight is 275 g/mol. The van der Waals surface area contributed by atoms with Crippen molar-refractivity contribution in [1.82, 2.24) is 14.8 Å². The predicted octanol–water partition coefficient (Wildman–Crippen LogP) is 0.928. The van der Waals surface area contributed by atoms with Gasteiger partial charge in [0.25, 0.3) is 0 Å². The number of para-hydroxylation sites is 1. The molecule has 0 aliphatic rings. The van der Waals surface area contributed by atoms with E-state index in [0.29, 0.717) is 5.82 Å². The third kappa shape index (κ3) is 3.52. The molecule has 0 saturated carbocycles. The van der Waals surface area contributed by atoms with Gasteiger partial charge >= 0.3 is 0 Å².